The normalized spacial score (nSPS) is 24.2. The maximum absolute atomic E-state index is 10.2. The van der Waals surface area contributed by atoms with E-state index >= 15 is 0 Å². The standard InChI is InChI=1S/C21H20N5O3/c1-12-9-15(20(28)19(12)27)24-17-7-8-22-18-10-14(25-26(17)18)16-11-23-21(29-16)13-5-3-2-4-6-13/h2-8,10-12,15,19-20,24,27-28H,1,9H2/t12-,15-,19-,20+/m1/s1. The second kappa shape index (κ2) is 6.98. The summed E-state index contributed by atoms with van der Waals surface area (Å²) in [5, 5.41) is 28.1. The van der Waals surface area contributed by atoms with Gasteiger partial charge in [-0.25, -0.2) is 9.97 Å². The van der Waals surface area contributed by atoms with Crippen LogP contribution in [0.5, 0.6) is 0 Å². The van der Waals surface area contributed by atoms with Gasteiger partial charge in [0.15, 0.2) is 11.4 Å². The summed E-state index contributed by atoms with van der Waals surface area (Å²) in [4.78, 5) is 8.70. The van der Waals surface area contributed by atoms with Crippen molar-refractivity contribution >= 4 is 11.5 Å². The van der Waals surface area contributed by atoms with E-state index in [0.717, 1.165) is 5.56 Å². The molecule has 0 saturated heterocycles. The number of benzene rings is 1. The van der Waals surface area contributed by atoms with Crippen LogP contribution in [0, 0.1) is 12.8 Å². The van der Waals surface area contributed by atoms with Gasteiger partial charge < -0.3 is 19.9 Å². The van der Waals surface area contributed by atoms with Crippen LogP contribution >= 0.6 is 0 Å². The molecule has 0 amide bonds. The molecule has 8 nitrogen and oxygen atoms in total. The minimum absolute atomic E-state index is 0.224. The van der Waals surface area contributed by atoms with Gasteiger partial charge in [0.1, 0.15) is 17.6 Å². The number of fused-ring (bicyclic) bond motifs is 1. The lowest BCUT2D eigenvalue weighted by atomic mass is 10.1. The molecular formula is C21H20N5O3. The topological polar surface area (TPSA) is 109 Å². The molecule has 147 valence electrons. The molecule has 1 aromatic carbocycles. The molecule has 1 aliphatic rings. The van der Waals surface area contributed by atoms with Gasteiger partial charge in [-0.2, -0.15) is 9.61 Å². The number of aliphatic hydroxyl groups excluding tert-OH is 2. The maximum atomic E-state index is 10.2. The summed E-state index contributed by atoms with van der Waals surface area (Å²) < 4.78 is 7.54. The Kier molecular flexibility index (Phi) is 4.30. The summed E-state index contributed by atoms with van der Waals surface area (Å²) in [5.74, 6) is 1.50. The molecule has 4 atom stereocenters. The van der Waals surface area contributed by atoms with Crippen molar-refractivity contribution < 1.29 is 14.6 Å². The minimum Gasteiger partial charge on any atom is -0.434 e. The van der Waals surface area contributed by atoms with Gasteiger partial charge in [-0.3, -0.25) is 0 Å². The summed E-state index contributed by atoms with van der Waals surface area (Å²) in [7, 11) is 0. The van der Waals surface area contributed by atoms with Crippen LogP contribution < -0.4 is 5.32 Å². The quantitative estimate of drug-likeness (QED) is 0.491. The fourth-order valence-electron chi connectivity index (χ4n) is 3.69. The SMILES string of the molecule is [CH2][C@@H]1C[C@@H](Nc2ccnc3cc(-c4cnc(-c5ccccc5)o4)nn23)[C@H](O)[C@@H]1O. The van der Waals surface area contributed by atoms with Crippen LogP contribution in [0.3, 0.4) is 0 Å². The lowest BCUT2D eigenvalue weighted by Gasteiger charge is -2.19. The fourth-order valence-corrected chi connectivity index (χ4v) is 3.69. The Labute approximate surface area is 166 Å². The van der Waals surface area contributed by atoms with E-state index in [9.17, 15) is 10.2 Å². The van der Waals surface area contributed by atoms with Crippen molar-refractivity contribution in [2.75, 3.05) is 5.32 Å². The lowest BCUT2D eigenvalue weighted by Crippen LogP contribution is -2.35. The number of nitrogens with one attached hydrogen (secondary N) is 1. The average molecular weight is 390 g/mol. The first-order valence-corrected chi connectivity index (χ1v) is 9.42. The van der Waals surface area contributed by atoms with Gasteiger partial charge in [-0.1, -0.05) is 18.2 Å². The van der Waals surface area contributed by atoms with E-state index < -0.39 is 12.2 Å². The van der Waals surface area contributed by atoms with Crippen molar-refractivity contribution in [2.45, 2.75) is 24.7 Å². The summed E-state index contributed by atoms with van der Waals surface area (Å²) in [5.41, 5.74) is 2.12. The van der Waals surface area contributed by atoms with Gasteiger partial charge in [0.2, 0.25) is 5.89 Å². The smallest absolute Gasteiger partial charge is 0.226 e. The third-order valence-electron chi connectivity index (χ3n) is 5.27. The molecule has 3 aromatic heterocycles. The molecule has 1 radical (unpaired) electrons. The van der Waals surface area contributed by atoms with Gasteiger partial charge in [-0.15, -0.1) is 0 Å². The van der Waals surface area contributed by atoms with Gasteiger partial charge in [0.25, 0.3) is 0 Å². The number of hydrogen-bond acceptors (Lipinski definition) is 7. The number of aromatic nitrogens is 4. The highest BCUT2D eigenvalue weighted by molar-refractivity contribution is 5.63. The van der Waals surface area contributed by atoms with E-state index in [1.807, 2.05) is 36.4 Å². The van der Waals surface area contributed by atoms with Crippen LogP contribution in [0.15, 0.2) is 59.3 Å². The van der Waals surface area contributed by atoms with Crippen LogP contribution in [0.2, 0.25) is 0 Å². The number of rotatable bonds is 4. The molecule has 0 spiro atoms. The van der Waals surface area contributed by atoms with E-state index in [2.05, 4.69) is 27.3 Å². The van der Waals surface area contributed by atoms with Crippen molar-refractivity contribution in [3.05, 3.63) is 61.8 Å². The largest absolute Gasteiger partial charge is 0.434 e. The Morgan fingerprint density at radius 3 is 2.69 bits per heavy atom. The monoisotopic (exact) mass is 390 g/mol. The van der Waals surface area contributed by atoms with Crippen molar-refractivity contribution in [1.29, 1.82) is 0 Å². The number of aliphatic hydroxyl groups is 2. The third kappa shape index (κ3) is 3.16. The van der Waals surface area contributed by atoms with Crippen LogP contribution in [-0.2, 0) is 0 Å². The molecule has 29 heavy (non-hydrogen) atoms. The van der Waals surface area contributed by atoms with Crippen LogP contribution in [0.25, 0.3) is 28.6 Å². The Bertz CT molecular complexity index is 1140. The lowest BCUT2D eigenvalue weighted by molar-refractivity contribution is 0.0256. The van der Waals surface area contributed by atoms with Crippen LogP contribution in [0.1, 0.15) is 6.42 Å². The molecule has 0 unspecified atom stereocenters. The maximum Gasteiger partial charge on any atom is 0.226 e. The molecule has 1 saturated carbocycles. The van der Waals surface area contributed by atoms with Gasteiger partial charge in [0.05, 0.1) is 18.3 Å². The first-order chi connectivity index (χ1) is 14.1. The zero-order valence-corrected chi connectivity index (χ0v) is 15.5. The zero-order chi connectivity index (χ0) is 20.0. The van der Waals surface area contributed by atoms with Crippen LogP contribution in [0.4, 0.5) is 5.82 Å². The Balaban J connectivity index is 1.46. The molecule has 4 aromatic rings. The van der Waals surface area contributed by atoms with Crippen LogP contribution in [-0.4, -0.2) is 48.0 Å². The summed E-state index contributed by atoms with van der Waals surface area (Å²) in [6.07, 6.45) is 2.13. The van der Waals surface area contributed by atoms with E-state index in [-0.39, 0.29) is 12.0 Å². The first-order valence-electron chi connectivity index (χ1n) is 9.42. The predicted octanol–water partition coefficient (Wildman–Crippen LogP) is 2.41. The molecule has 5 rings (SSSR count). The Morgan fingerprint density at radius 1 is 1.10 bits per heavy atom. The Hall–Kier alpha value is -3.23. The van der Waals surface area contributed by atoms with Crippen molar-refractivity contribution in [1.82, 2.24) is 19.6 Å². The molecule has 8 heteroatoms. The van der Waals surface area contributed by atoms with E-state index in [1.54, 1.807) is 23.0 Å². The number of hydrogen-bond donors (Lipinski definition) is 3. The second-order valence-electron chi connectivity index (χ2n) is 7.25. The van der Waals surface area contributed by atoms with Crippen molar-refractivity contribution in [2.24, 2.45) is 5.92 Å². The molecule has 0 aliphatic heterocycles. The third-order valence-corrected chi connectivity index (χ3v) is 5.27. The highest BCUT2D eigenvalue weighted by Crippen LogP contribution is 2.30. The molecule has 3 heterocycles. The Morgan fingerprint density at radius 2 is 1.93 bits per heavy atom. The summed E-state index contributed by atoms with van der Waals surface area (Å²) in [6.45, 7) is 3.89. The van der Waals surface area contributed by atoms with Crippen molar-refractivity contribution in [3.8, 4) is 22.9 Å². The van der Waals surface area contributed by atoms with Crippen molar-refractivity contribution in [3.63, 3.8) is 0 Å². The average Bonchev–Trinajstić information content (AvgIpc) is 3.44. The highest BCUT2D eigenvalue weighted by atomic mass is 16.4. The van der Waals surface area contributed by atoms with Gasteiger partial charge in [-0.05, 0) is 37.5 Å². The van der Waals surface area contributed by atoms with E-state index in [4.69, 9.17) is 4.42 Å². The highest BCUT2D eigenvalue weighted by Gasteiger charge is 2.39. The first kappa shape index (κ1) is 17.8. The second-order valence-corrected chi connectivity index (χ2v) is 7.25. The summed E-state index contributed by atoms with van der Waals surface area (Å²) in [6, 6.07) is 12.9. The molecule has 0 bridgehead atoms. The molecule has 3 N–H and O–H groups in total. The number of anilines is 1. The zero-order valence-electron chi connectivity index (χ0n) is 15.5. The predicted molar refractivity (Wildman–Crippen MR) is 107 cm³/mol. The number of nitrogens with zero attached hydrogens (tertiary/aromatic N) is 4. The van der Waals surface area contributed by atoms with E-state index in [1.165, 1.54) is 0 Å². The minimum atomic E-state index is -0.890. The van der Waals surface area contributed by atoms with Gasteiger partial charge in [0, 0.05) is 17.8 Å². The molecular weight excluding hydrogens is 370 g/mol. The molecule has 1 fully saturated rings. The van der Waals surface area contributed by atoms with E-state index in [0.29, 0.717) is 35.2 Å². The molecule has 1 aliphatic carbocycles. The van der Waals surface area contributed by atoms with Gasteiger partial charge >= 0.3 is 0 Å². The number of oxazole rings is 1. The summed E-state index contributed by atoms with van der Waals surface area (Å²) >= 11 is 0. The fraction of sp³-hybridized carbons (Fsp3) is 0.238.